The molecule has 4 aliphatic carbocycles. The lowest BCUT2D eigenvalue weighted by Gasteiger charge is -2.58. The summed E-state index contributed by atoms with van der Waals surface area (Å²) in [4.78, 5) is 10.9. The Kier molecular flexibility index (Phi) is 4.98. The first-order valence-corrected chi connectivity index (χ1v) is 11.3. The lowest BCUT2D eigenvalue weighted by molar-refractivity contribution is -0.306. The average molecular weight is 374 g/mol. The van der Waals surface area contributed by atoms with E-state index in [9.17, 15) is 15.0 Å². The molecule has 0 saturated heterocycles. The molecule has 27 heavy (non-hydrogen) atoms. The minimum absolute atomic E-state index is 0.129. The summed E-state index contributed by atoms with van der Waals surface area (Å²) in [6, 6.07) is 0. The van der Waals surface area contributed by atoms with Crippen molar-refractivity contribution in [2.45, 2.75) is 91.1 Å². The van der Waals surface area contributed by atoms with E-state index in [1.165, 1.54) is 32.1 Å². The Labute approximate surface area is 164 Å². The first-order chi connectivity index (χ1) is 12.8. The van der Waals surface area contributed by atoms with Crippen LogP contribution in [-0.2, 0) is 4.79 Å². The van der Waals surface area contributed by atoms with Gasteiger partial charge in [-0.1, -0.05) is 32.4 Å². The maximum absolute atomic E-state index is 10.9. The van der Waals surface area contributed by atoms with Gasteiger partial charge >= 0.3 is 0 Å². The van der Waals surface area contributed by atoms with E-state index >= 15 is 0 Å². The predicted molar refractivity (Wildman–Crippen MR) is 105 cm³/mol. The molecular formula is C24H37O3-. The predicted octanol–water partition coefficient (Wildman–Crippen LogP) is 4.09. The van der Waals surface area contributed by atoms with Crippen LogP contribution in [0.15, 0.2) is 11.6 Å². The molecule has 3 saturated carbocycles. The second-order valence-electron chi connectivity index (χ2n) is 10.8. The van der Waals surface area contributed by atoms with Gasteiger partial charge in [-0.15, -0.1) is 0 Å². The van der Waals surface area contributed by atoms with Crippen molar-refractivity contribution < 1.29 is 15.0 Å². The number of carboxylic acid groups (broad SMARTS) is 1. The molecule has 3 fully saturated rings. The van der Waals surface area contributed by atoms with Crippen LogP contribution in [0.25, 0.3) is 0 Å². The highest BCUT2D eigenvalue weighted by Crippen LogP contribution is 2.67. The highest BCUT2D eigenvalue weighted by atomic mass is 16.4. The van der Waals surface area contributed by atoms with Gasteiger partial charge in [-0.2, -0.15) is 0 Å². The van der Waals surface area contributed by atoms with Gasteiger partial charge in [-0.05, 0) is 105 Å². The quantitative estimate of drug-likeness (QED) is 0.755. The monoisotopic (exact) mass is 373 g/mol. The Morgan fingerprint density at radius 2 is 2.00 bits per heavy atom. The Bertz CT molecular complexity index is 625. The number of carbonyl (C=O) groups excluding carboxylic acids is 1. The molecule has 1 N–H and O–H groups in total. The molecule has 0 unspecified atom stereocenters. The van der Waals surface area contributed by atoms with E-state index in [2.05, 4.69) is 26.8 Å². The van der Waals surface area contributed by atoms with Gasteiger partial charge in [-0.25, -0.2) is 0 Å². The number of fused-ring (bicyclic) bond motifs is 5. The summed E-state index contributed by atoms with van der Waals surface area (Å²) in [5.74, 6) is 2.58. The molecule has 3 nitrogen and oxygen atoms in total. The molecule has 0 aromatic rings. The van der Waals surface area contributed by atoms with Crippen LogP contribution in [0.4, 0.5) is 0 Å². The Morgan fingerprint density at radius 1 is 1.22 bits per heavy atom. The van der Waals surface area contributed by atoms with Crippen molar-refractivity contribution in [3.8, 4) is 0 Å². The Hall–Kier alpha value is -0.830. The second kappa shape index (κ2) is 6.90. The van der Waals surface area contributed by atoms with E-state index in [0.717, 1.165) is 43.4 Å². The van der Waals surface area contributed by atoms with Crippen LogP contribution in [0.5, 0.6) is 0 Å². The van der Waals surface area contributed by atoms with Gasteiger partial charge in [-0.3, -0.25) is 0 Å². The molecule has 0 aromatic heterocycles. The van der Waals surface area contributed by atoms with Gasteiger partial charge in [0, 0.05) is 5.97 Å². The fourth-order valence-corrected chi connectivity index (χ4v) is 8.16. The van der Waals surface area contributed by atoms with Gasteiger partial charge in [0.25, 0.3) is 0 Å². The number of carboxylic acids is 1. The summed E-state index contributed by atoms with van der Waals surface area (Å²) >= 11 is 0. The van der Waals surface area contributed by atoms with Gasteiger partial charge in [0.2, 0.25) is 0 Å². The van der Waals surface area contributed by atoms with Crippen LogP contribution < -0.4 is 5.11 Å². The van der Waals surface area contributed by atoms with E-state index in [0.29, 0.717) is 22.7 Å². The summed E-state index contributed by atoms with van der Waals surface area (Å²) in [5, 5.41) is 21.1. The molecular weight excluding hydrogens is 336 g/mol. The summed E-state index contributed by atoms with van der Waals surface area (Å²) in [6.07, 6.45) is 12.7. The zero-order chi connectivity index (χ0) is 19.4. The zero-order valence-corrected chi connectivity index (χ0v) is 17.4. The molecule has 0 heterocycles. The van der Waals surface area contributed by atoms with Crippen molar-refractivity contribution >= 4 is 5.97 Å². The van der Waals surface area contributed by atoms with Gasteiger partial charge < -0.3 is 15.0 Å². The number of aliphatic carboxylic acids is 1. The molecule has 0 bridgehead atoms. The highest BCUT2D eigenvalue weighted by molar-refractivity contribution is 5.64. The Balaban J connectivity index is 1.54. The maximum atomic E-state index is 10.9. The van der Waals surface area contributed by atoms with E-state index in [1.807, 2.05) is 0 Å². The number of hydrogen-bond donors (Lipinski definition) is 1. The van der Waals surface area contributed by atoms with Crippen molar-refractivity contribution in [2.75, 3.05) is 0 Å². The number of aliphatic hydroxyl groups excluding tert-OH is 1. The van der Waals surface area contributed by atoms with Crippen LogP contribution in [0, 0.1) is 40.4 Å². The molecule has 0 aliphatic heterocycles. The number of allylic oxidation sites excluding steroid dienone is 1. The molecule has 0 spiro atoms. The fraction of sp³-hybridized carbons (Fsp3) is 0.875. The lowest BCUT2D eigenvalue weighted by Crippen LogP contribution is -2.50. The summed E-state index contributed by atoms with van der Waals surface area (Å²) in [6.45, 7) is 7.28. The first-order valence-electron chi connectivity index (χ1n) is 11.3. The summed E-state index contributed by atoms with van der Waals surface area (Å²) in [7, 11) is 0. The molecule has 3 heteroatoms. The van der Waals surface area contributed by atoms with Gasteiger partial charge in [0.05, 0.1) is 6.10 Å². The summed E-state index contributed by atoms with van der Waals surface area (Å²) in [5.41, 5.74) is 2.23. The van der Waals surface area contributed by atoms with Crippen molar-refractivity contribution in [3.05, 3.63) is 11.6 Å². The van der Waals surface area contributed by atoms with Crippen LogP contribution in [-0.4, -0.2) is 17.2 Å². The molecule has 8 atom stereocenters. The van der Waals surface area contributed by atoms with Crippen molar-refractivity contribution in [3.63, 3.8) is 0 Å². The smallest absolute Gasteiger partial charge is 0.0577 e. The molecule has 4 rings (SSSR count). The third-order valence-electron chi connectivity index (χ3n) is 9.64. The first kappa shape index (κ1) is 19.5. The van der Waals surface area contributed by atoms with E-state index in [-0.39, 0.29) is 12.5 Å². The topological polar surface area (TPSA) is 60.4 Å². The molecule has 4 aliphatic rings. The third-order valence-corrected chi connectivity index (χ3v) is 9.64. The van der Waals surface area contributed by atoms with Crippen LogP contribution >= 0.6 is 0 Å². The van der Waals surface area contributed by atoms with Gasteiger partial charge in [0.1, 0.15) is 0 Å². The molecule has 0 aromatic carbocycles. The van der Waals surface area contributed by atoms with Gasteiger partial charge in [0.15, 0.2) is 0 Å². The minimum Gasteiger partial charge on any atom is -0.550 e. The largest absolute Gasteiger partial charge is 0.550 e. The number of aliphatic hydroxyl groups is 1. The van der Waals surface area contributed by atoms with E-state index in [1.54, 1.807) is 5.57 Å². The third kappa shape index (κ3) is 3.09. The fourth-order valence-electron chi connectivity index (χ4n) is 8.16. The average Bonchev–Trinajstić information content (AvgIpc) is 2.97. The Morgan fingerprint density at radius 3 is 2.74 bits per heavy atom. The molecule has 152 valence electrons. The van der Waals surface area contributed by atoms with Crippen LogP contribution in [0.1, 0.15) is 85.0 Å². The van der Waals surface area contributed by atoms with Crippen molar-refractivity contribution in [1.82, 2.24) is 0 Å². The van der Waals surface area contributed by atoms with Crippen molar-refractivity contribution in [1.29, 1.82) is 0 Å². The second-order valence-corrected chi connectivity index (χ2v) is 10.8. The minimum atomic E-state index is -0.900. The standard InChI is InChI=1S/C24H38O3/c1-15(4-9-22(26)27)19-7-8-20-18-6-5-16-14-17(25)10-12-23(16,2)21(18)11-13-24(19,20)3/h5,15,17-21,25H,4,6-14H2,1-3H3,(H,26,27)/p-1/t15-,17-,18+,19-,20+,21-,23+,24-/m1/s1. The maximum Gasteiger partial charge on any atom is 0.0577 e. The normalized spacial score (nSPS) is 47.4. The number of rotatable bonds is 4. The highest BCUT2D eigenvalue weighted by Gasteiger charge is 2.59. The molecule has 0 radical (unpaired) electrons. The zero-order valence-electron chi connectivity index (χ0n) is 17.4. The van der Waals surface area contributed by atoms with Crippen LogP contribution in [0.3, 0.4) is 0 Å². The lowest BCUT2D eigenvalue weighted by atomic mass is 9.47. The van der Waals surface area contributed by atoms with E-state index in [4.69, 9.17) is 0 Å². The van der Waals surface area contributed by atoms with Crippen molar-refractivity contribution in [2.24, 2.45) is 40.4 Å². The number of hydrogen-bond acceptors (Lipinski definition) is 3. The van der Waals surface area contributed by atoms with E-state index < -0.39 is 5.97 Å². The van der Waals surface area contributed by atoms with Crippen LogP contribution in [0.2, 0.25) is 0 Å². The molecule has 0 amide bonds. The number of carbonyl (C=O) groups is 1. The SMILES string of the molecule is C[C@H](CCC(=O)[O-])[C@H]1CC[C@H]2[C@@H]3CC=C4C[C@H](O)CC[C@]4(C)[C@@H]3CC[C@]12C. The summed E-state index contributed by atoms with van der Waals surface area (Å²) < 4.78 is 0.